The third kappa shape index (κ3) is 2.17. The lowest BCUT2D eigenvalue weighted by molar-refractivity contribution is 0.0753. The first-order valence-corrected chi connectivity index (χ1v) is 8.84. The van der Waals surface area contributed by atoms with E-state index in [0.29, 0.717) is 36.5 Å². The van der Waals surface area contributed by atoms with Crippen LogP contribution < -0.4 is 0 Å². The number of hydrogen-bond donors (Lipinski definition) is 1. The number of nitrogens with zero attached hydrogens (tertiary/aromatic N) is 5. The van der Waals surface area contributed by atoms with Crippen LogP contribution in [-0.2, 0) is 0 Å². The number of fused-ring (bicyclic) bond motifs is 2. The molecule has 26 heavy (non-hydrogen) atoms. The zero-order valence-electron chi connectivity index (χ0n) is 14.4. The van der Waals surface area contributed by atoms with Gasteiger partial charge in [-0.3, -0.25) is 9.78 Å². The second kappa shape index (κ2) is 5.60. The van der Waals surface area contributed by atoms with Crippen molar-refractivity contribution in [2.75, 3.05) is 19.7 Å². The van der Waals surface area contributed by atoms with Crippen molar-refractivity contribution in [2.24, 2.45) is 17.8 Å². The van der Waals surface area contributed by atoms with Crippen molar-refractivity contribution in [3.05, 3.63) is 48.0 Å². The molecule has 3 heterocycles. The van der Waals surface area contributed by atoms with Crippen LogP contribution in [0.1, 0.15) is 16.2 Å². The number of aromatic nitrogens is 4. The Hall–Kier alpha value is -2.80. The molecule has 5 rings (SSSR count). The molecule has 1 amide bonds. The van der Waals surface area contributed by atoms with E-state index in [1.54, 1.807) is 10.9 Å². The first kappa shape index (κ1) is 15.5. The molecule has 132 valence electrons. The Bertz CT molecular complexity index is 997. The van der Waals surface area contributed by atoms with Gasteiger partial charge in [-0.05, 0) is 36.8 Å². The van der Waals surface area contributed by atoms with E-state index in [2.05, 4.69) is 15.3 Å². The summed E-state index contributed by atoms with van der Waals surface area (Å²) in [4.78, 5) is 18.9. The van der Waals surface area contributed by atoms with E-state index in [9.17, 15) is 9.90 Å². The average Bonchev–Trinajstić information content (AvgIpc) is 2.98. The summed E-state index contributed by atoms with van der Waals surface area (Å²) in [5.74, 6) is 1.20. The van der Waals surface area contributed by atoms with E-state index in [1.165, 1.54) is 0 Å². The number of aliphatic hydroxyl groups excluding tert-OH is 1. The quantitative estimate of drug-likeness (QED) is 0.773. The van der Waals surface area contributed by atoms with Gasteiger partial charge in [0.05, 0.1) is 11.4 Å². The second-order valence-electron chi connectivity index (χ2n) is 7.19. The molecule has 7 heteroatoms. The minimum atomic E-state index is -0.0699. The third-order valence-electron chi connectivity index (χ3n) is 5.85. The molecular weight excluding hydrogens is 330 g/mol. The van der Waals surface area contributed by atoms with Crippen LogP contribution in [0.4, 0.5) is 0 Å². The monoisotopic (exact) mass is 349 g/mol. The first-order valence-electron chi connectivity index (χ1n) is 8.84. The Morgan fingerprint density at radius 2 is 2.08 bits per heavy atom. The summed E-state index contributed by atoms with van der Waals surface area (Å²) in [6, 6.07) is 7.86. The molecule has 3 aromatic rings. The lowest BCUT2D eigenvalue weighted by atomic mass is 10.1. The Morgan fingerprint density at radius 3 is 2.85 bits per heavy atom. The van der Waals surface area contributed by atoms with Gasteiger partial charge in [-0.2, -0.15) is 0 Å². The topological polar surface area (TPSA) is 84.1 Å². The molecule has 2 fully saturated rings. The third-order valence-corrected chi connectivity index (χ3v) is 5.85. The zero-order chi connectivity index (χ0) is 17.8. The molecule has 3 atom stereocenters. The van der Waals surface area contributed by atoms with Crippen LogP contribution in [-0.4, -0.2) is 55.6 Å². The number of likely N-dealkylation sites (tertiary alicyclic amines) is 1. The van der Waals surface area contributed by atoms with Crippen LogP contribution >= 0.6 is 0 Å². The number of rotatable bonds is 3. The molecule has 0 bridgehead atoms. The number of benzene rings is 1. The van der Waals surface area contributed by atoms with Crippen LogP contribution in [0.2, 0.25) is 0 Å². The van der Waals surface area contributed by atoms with Gasteiger partial charge in [-0.15, -0.1) is 5.10 Å². The predicted octanol–water partition coefficient (Wildman–Crippen LogP) is 1.43. The van der Waals surface area contributed by atoms with Gasteiger partial charge in [-0.1, -0.05) is 17.3 Å². The molecule has 1 aromatic carbocycles. The maximum Gasteiger partial charge on any atom is 0.276 e. The standard InChI is InChI=1S/C19H19N5O2/c1-11-18(19(26)23-8-14-15(9-23)16(14)10-25)21-22-24(11)17-4-2-3-12-7-20-6-5-13(12)17/h2-7,14-16,25H,8-10H2,1H3/t14-,15+,16?. The van der Waals surface area contributed by atoms with Crippen molar-refractivity contribution in [3.63, 3.8) is 0 Å². The fraction of sp³-hybridized carbons (Fsp3) is 0.368. The van der Waals surface area contributed by atoms with Gasteiger partial charge in [-0.25, -0.2) is 4.68 Å². The van der Waals surface area contributed by atoms with Crippen LogP contribution in [0.25, 0.3) is 16.5 Å². The average molecular weight is 349 g/mol. The van der Waals surface area contributed by atoms with Gasteiger partial charge in [0.1, 0.15) is 0 Å². The molecule has 1 N–H and O–H groups in total. The fourth-order valence-electron chi connectivity index (χ4n) is 4.28. The van der Waals surface area contributed by atoms with Gasteiger partial charge in [0, 0.05) is 42.9 Å². The summed E-state index contributed by atoms with van der Waals surface area (Å²) < 4.78 is 1.73. The number of pyridine rings is 1. The van der Waals surface area contributed by atoms with Crippen molar-refractivity contribution in [2.45, 2.75) is 6.92 Å². The molecule has 2 aromatic heterocycles. The SMILES string of the molecule is Cc1c(C(=O)N2C[C@@H]3C(CO)[C@@H]3C2)nnn1-c1cccc2cnccc12. The molecule has 7 nitrogen and oxygen atoms in total. The van der Waals surface area contributed by atoms with Crippen LogP contribution in [0.3, 0.4) is 0 Å². The highest BCUT2D eigenvalue weighted by Crippen LogP contribution is 2.51. The molecule has 1 unspecified atom stereocenters. The van der Waals surface area contributed by atoms with Crippen LogP contribution in [0.15, 0.2) is 36.7 Å². The number of carbonyl (C=O) groups excluding carboxylic acids is 1. The molecule has 1 aliphatic carbocycles. The summed E-state index contributed by atoms with van der Waals surface area (Å²) in [5, 5.41) is 19.7. The minimum absolute atomic E-state index is 0.0699. The van der Waals surface area contributed by atoms with Gasteiger partial charge in [0.25, 0.3) is 5.91 Å². The lowest BCUT2D eigenvalue weighted by Crippen LogP contribution is -2.32. The van der Waals surface area contributed by atoms with Crippen LogP contribution in [0.5, 0.6) is 0 Å². The highest BCUT2D eigenvalue weighted by molar-refractivity contribution is 5.94. The number of piperidine rings is 1. The summed E-state index contributed by atoms with van der Waals surface area (Å²) >= 11 is 0. The molecule has 0 spiro atoms. The van der Waals surface area contributed by atoms with Crippen LogP contribution in [0, 0.1) is 24.7 Å². The van der Waals surface area contributed by atoms with E-state index in [0.717, 1.165) is 22.2 Å². The van der Waals surface area contributed by atoms with E-state index in [4.69, 9.17) is 0 Å². The minimum Gasteiger partial charge on any atom is -0.396 e. The summed E-state index contributed by atoms with van der Waals surface area (Å²) in [6.07, 6.45) is 3.56. The van der Waals surface area contributed by atoms with Gasteiger partial charge in [0.2, 0.25) is 0 Å². The molecule has 0 radical (unpaired) electrons. The van der Waals surface area contributed by atoms with E-state index >= 15 is 0 Å². The number of carbonyl (C=O) groups is 1. The normalized spacial score (nSPS) is 24.1. The summed E-state index contributed by atoms with van der Waals surface area (Å²) in [6.45, 7) is 3.52. The van der Waals surface area contributed by atoms with Crippen molar-refractivity contribution in [3.8, 4) is 5.69 Å². The van der Waals surface area contributed by atoms with E-state index < -0.39 is 0 Å². The Labute approximate surface area is 150 Å². The molecular formula is C19H19N5O2. The fourth-order valence-corrected chi connectivity index (χ4v) is 4.28. The predicted molar refractivity (Wildman–Crippen MR) is 94.9 cm³/mol. The number of aliphatic hydroxyl groups is 1. The zero-order valence-corrected chi connectivity index (χ0v) is 14.4. The van der Waals surface area contributed by atoms with Crippen molar-refractivity contribution < 1.29 is 9.90 Å². The van der Waals surface area contributed by atoms with E-state index in [-0.39, 0.29) is 12.5 Å². The van der Waals surface area contributed by atoms with Gasteiger partial charge in [0.15, 0.2) is 5.69 Å². The maximum atomic E-state index is 12.9. The highest BCUT2D eigenvalue weighted by atomic mass is 16.3. The molecule has 2 aliphatic rings. The summed E-state index contributed by atoms with van der Waals surface area (Å²) in [5.41, 5.74) is 2.02. The Kier molecular flexibility index (Phi) is 3.33. The maximum absolute atomic E-state index is 12.9. The Morgan fingerprint density at radius 1 is 1.27 bits per heavy atom. The summed E-state index contributed by atoms with van der Waals surface area (Å²) in [7, 11) is 0. The van der Waals surface area contributed by atoms with E-state index in [1.807, 2.05) is 42.3 Å². The number of amides is 1. The highest BCUT2D eigenvalue weighted by Gasteiger charge is 2.56. The van der Waals surface area contributed by atoms with Crippen molar-refractivity contribution in [1.82, 2.24) is 24.9 Å². The molecule has 1 saturated carbocycles. The van der Waals surface area contributed by atoms with Crippen molar-refractivity contribution >= 4 is 16.7 Å². The first-order chi connectivity index (χ1) is 12.7. The van der Waals surface area contributed by atoms with Gasteiger partial charge < -0.3 is 10.0 Å². The molecule has 1 saturated heterocycles. The van der Waals surface area contributed by atoms with Gasteiger partial charge >= 0.3 is 0 Å². The number of hydrogen-bond acceptors (Lipinski definition) is 5. The second-order valence-corrected chi connectivity index (χ2v) is 7.19. The Balaban J connectivity index is 1.47. The van der Waals surface area contributed by atoms with Crippen molar-refractivity contribution in [1.29, 1.82) is 0 Å². The smallest absolute Gasteiger partial charge is 0.276 e. The molecule has 1 aliphatic heterocycles. The largest absolute Gasteiger partial charge is 0.396 e. The lowest BCUT2D eigenvalue weighted by Gasteiger charge is -2.18.